The van der Waals surface area contributed by atoms with Crippen LogP contribution in [0.25, 0.3) is 0 Å². The van der Waals surface area contributed by atoms with E-state index in [4.69, 9.17) is 16.3 Å². The van der Waals surface area contributed by atoms with Gasteiger partial charge in [0, 0.05) is 10.7 Å². The fourth-order valence-corrected chi connectivity index (χ4v) is 2.16. The predicted octanol–water partition coefficient (Wildman–Crippen LogP) is 0.582. The number of quaternary nitrogens is 1. The number of nitrogens with one attached hydrogen (secondary N) is 2. The molecule has 1 heterocycles. The molecule has 0 radical (unpaired) electrons. The molecular weight excluding hydrogens is 252 g/mol. The first-order valence-corrected chi connectivity index (χ1v) is 6.53. The minimum Gasteiger partial charge on any atom is -0.370 e. The second kappa shape index (κ2) is 6.18. The summed E-state index contributed by atoms with van der Waals surface area (Å²) in [5, 5.41) is 3.57. The first-order chi connectivity index (χ1) is 8.66. The molecule has 0 unspecified atom stereocenters. The second-order valence-electron chi connectivity index (χ2n) is 4.49. The van der Waals surface area contributed by atoms with Crippen molar-refractivity contribution >= 4 is 23.2 Å². The van der Waals surface area contributed by atoms with Crippen LogP contribution in [0.2, 0.25) is 5.02 Å². The number of amides is 1. The summed E-state index contributed by atoms with van der Waals surface area (Å²) in [6.07, 6.45) is 0. The molecule has 1 aliphatic heterocycles. The van der Waals surface area contributed by atoms with Gasteiger partial charge in [0.05, 0.1) is 13.2 Å². The van der Waals surface area contributed by atoms with Crippen LogP contribution in [0.15, 0.2) is 24.3 Å². The van der Waals surface area contributed by atoms with Gasteiger partial charge < -0.3 is 15.0 Å². The fraction of sp³-hybridized carbons (Fsp3) is 0.462. The Morgan fingerprint density at radius 1 is 1.33 bits per heavy atom. The van der Waals surface area contributed by atoms with Gasteiger partial charge in [-0.05, 0) is 31.2 Å². The number of carbonyl (C=O) groups is 1. The molecule has 2 rings (SSSR count). The number of anilines is 1. The highest BCUT2D eigenvalue weighted by Crippen LogP contribution is 2.13. The van der Waals surface area contributed by atoms with E-state index >= 15 is 0 Å². The summed E-state index contributed by atoms with van der Waals surface area (Å²) in [5.41, 5.74) is 0.781. The zero-order valence-corrected chi connectivity index (χ0v) is 11.2. The van der Waals surface area contributed by atoms with Crippen molar-refractivity contribution in [2.45, 2.75) is 13.0 Å². The minimum atomic E-state index is -0.0652. The van der Waals surface area contributed by atoms with Crippen LogP contribution in [0.1, 0.15) is 6.92 Å². The van der Waals surface area contributed by atoms with Crippen LogP contribution in [0, 0.1) is 0 Å². The van der Waals surface area contributed by atoms with E-state index in [1.54, 1.807) is 12.1 Å². The van der Waals surface area contributed by atoms with Crippen LogP contribution in [-0.4, -0.2) is 38.3 Å². The average molecular weight is 270 g/mol. The molecule has 1 amide bonds. The molecule has 4 nitrogen and oxygen atoms in total. The second-order valence-corrected chi connectivity index (χ2v) is 4.92. The molecule has 1 atom stereocenters. The van der Waals surface area contributed by atoms with Crippen LogP contribution in [0.4, 0.5) is 5.69 Å². The summed E-state index contributed by atoms with van der Waals surface area (Å²) in [7, 11) is 0. The summed E-state index contributed by atoms with van der Waals surface area (Å²) in [4.78, 5) is 13.4. The Hall–Kier alpha value is -1.10. The predicted molar refractivity (Wildman–Crippen MR) is 71.1 cm³/mol. The molecule has 0 aliphatic carbocycles. The standard InChI is InChI=1S/C13H17ClN2O2/c1-10(16-6-8-18-9-7-16)13(17)15-12-4-2-11(14)3-5-12/h2-5,10H,6-9H2,1H3,(H,15,17)/p+1/t10-/m0/s1. The fourth-order valence-electron chi connectivity index (χ4n) is 2.04. The van der Waals surface area contributed by atoms with Gasteiger partial charge in [0.25, 0.3) is 5.91 Å². The molecule has 18 heavy (non-hydrogen) atoms. The molecule has 1 saturated heterocycles. The van der Waals surface area contributed by atoms with E-state index in [0.717, 1.165) is 32.0 Å². The third kappa shape index (κ3) is 3.45. The molecule has 0 saturated carbocycles. The van der Waals surface area contributed by atoms with Gasteiger partial charge in [-0.1, -0.05) is 11.6 Å². The van der Waals surface area contributed by atoms with Crippen molar-refractivity contribution < 1.29 is 14.4 Å². The van der Waals surface area contributed by atoms with Crippen LogP contribution < -0.4 is 10.2 Å². The Labute approximate surface area is 112 Å². The van der Waals surface area contributed by atoms with Gasteiger partial charge in [-0.15, -0.1) is 0 Å². The zero-order chi connectivity index (χ0) is 13.0. The van der Waals surface area contributed by atoms with Crippen molar-refractivity contribution in [2.24, 2.45) is 0 Å². The van der Waals surface area contributed by atoms with Crippen molar-refractivity contribution in [1.29, 1.82) is 0 Å². The van der Waals surface area contributed by atoms with Crippen LogP contribution >= 0.6 is 11.6 Å². The highest BCUT2D eigenvalue weighted by molar-refractivity contribution is 6.30. The minimum absolute atomic E-state index is 0.0363. The lowest BCUT2D eigenvalue weighted by Crippen LogP contribution is -3.18. The maximum atomic E-state index is 12.1. The van der Waals surface area contributed by atoms with Gasteiger partial charge in [0.1, 0.15) is 13.1 Å². The zero-order valence-electron chi connectivity index (χ0n) is 10.4. The number of hydrogen-bond donors (Lipinski definition) is 2. The first kappa shape index (κ1) is 13.3. The molecule has 1 aliphatic rings. The maximum Gasteiger partial charge on any atom is 0.282 e. The number of halogens is 1. The summed E-state index contributed by atoms with van der Waals surface area (Å²) < 4.78 is 5.29. The molecule has 1 aromatic rings. The first-order valence-electron chi connectivity index (χ1n) is 6.15. The van der Waals surface area contributed by atoms with E-state index in [1.807, 2.05) is 19.1 Å². The average Bonchev–Trinajstić information content (AvgIpc) is 2.41. The molecule has 2 N–H and O–H groups in total. The molecule has 0 bridgehead atoms. The Bertz CT molecular complexity index is 402. The summed E-state index contributed by atoms with van der Waals surface area (Å²) in [6.45, 7) is 5.18. The van der Waals surface area contributed by atoms with Gasteiger partial charge >= 0.3 is 0 Å². The van der Waals surface area contributed by atoms with Crippen molar-refractivity contribution in [3.8, 4) is 0 Å². The highest BCUT2D eigenvalue weighted by atomic mass is 35.5. The number of rotatable bonds is 3. The summed E-state index contributed by atoms with van der Waals surface area (Å²) >= 11 is 5.80. The third-order valence-electron chi connectivity index (χ3n) is 3.25. The quantitative estimate of drug-likeness (QED) is 0.843. The van der Waals surface area contributed by atoms with Crippen LogP contribution in [0.5, 0.6) is 0 Å². The van der Waals surface area contributed by atoms with Gasteiger partial charge in [0.2, 0.25) is 0 Å². The molecule has 1 aromatic carbocycles. The van der Waals surface area contributed by atoms with E-state index in [-0.39, 0.29) is 11.9 Å². The Morgan fingerprint density at radius 3 is 2.56 bits per heavy atom. The monoisotopic (exact) mass is 269 g/mol. The lowest BCUT2D eigenvalue weighted by Gasteiger charge is -2.28. The van der Waals surface area contributed by atoms with Crippen LogP contribution in [-0.2, 0) is 9.53 Å². The summed E-state index contributed by atoms with van der Waals surface area (Å²) in [6, 6.07) is 7.08. The topological polar surface area (TPSA) is 42.8 Å². The Morgan fingerprint density at radius 2 is 1.94 bits per heavy atom. The van der Waals surface area contributed by atoms with Crippen molar-refractivity contribution in [3.05, 3.63) is 29.3 Å². The van der Waals surface area contributed by atoms with Crippen molar-refractivity contribution in [3.63, 3.8) is 0 Å². The van der Waals surface area contributed by atoms with Gasteiger partial charge in [-0.2, -0.15) is 0 Å². The van der Waals surface area contributed by atoms with Crippen molar-refractivity contribution in [2.75, 3.05) is 31.6 Å². The van der Waals surface area contributed by atoms with E-state index < -0.39 is 0 Å². The van der Waals surface area contributed by atoms with E-state index in [2.05, 4.69) is 5.32 Å². The molecule has 0 aromatic heterocycles. The lowest BCUT2D eigenvalue weighted by molar-refractivity contribution is -0.921. The molecular formula is C13H18ClN2O2+. The maximum absolute atomic E-state index is 12.1. The van der Waals surface area contributed by atoms with Crippen LogP contribution in [0.3, 0.4) is 0 Å². The molecule has 98 valence electrons. The van der Waals surface area contributed by atoms with E-state index in [0.29, 0.717) is 5.02 Å². The number of hydrogen-bond acceptors (Lipinski definition) is 2. The molecule has 0 spiro atoms. The SMILES string of the molecule is C[C@@H](C(=O)Nc1ccc(Cl)cc1)[NH+]1CCOCC1. The number of ether oxygens (including phenoxy) is 1. The smallest absolute Gasteiger partial charge is 0.282 e. The molecule has 1 fully saturated rings. The summed E-state index contributed by atoms with van der Waals surface area (Å²) in [5.74, 6) is 0.0363. The van der Waals surface area contributed by atoms with Crippen molar-refractivity contribution in [1.82, 2.24) is 0 Å². The number of benzene rings is 1. The Kier molecular flexibility index (Phi) is 4.58. The Balaban J connectivity index is 1.92. The number of morpholine rings is 1. The lowest BCUT2D eigenvalue weighted by atomic mass is 10.2. The normalized spacial score (nSPS) is 18.3. The largest absolute Gasteiger partial charge is 0.370 e. The van der Waals surface area contributed by atoms with Gasteiger partial charge in [-0.3, -0.25) is 4.79 Å². The molecule has 5 heteroatoms. The third-order valence-corrected chi connectivity index (χ3v) is 3.50. The van der Waals surface area contributed by atoms with E-state index in [9.17, 15) is 4.79 Å². The van der Waals surface area contributed by atoms with E-state index in [1.165, 1.54) is 4.90 Å². The van der Waals surface area contributed by atoms with Gasteiger partial charge in [0.15, 0.2) is 6.04 Å². The highest BCUT2D eigenvalue weighted by Gasteiger charge is 2.26. The van der Waals surface area contributed by atoms with Gasteiger partial charge in [-0.25, -0.2) is 0 Å². The number of carbonyl (C=O) groups excluding carboxylic acids is 1.